The predicted octanol–water partition coefficient (Wildman–Crippen LogP) is 3.12. The first-order valence-electron chi connectivity index (χ1n) is 7.03. The van der Waals surface area contributed by atoms with E-state index in [0.717, 1.165) is 4.88 Å². The van der Waals surface area contributed by atoms with Crippen molar-refractivity contribution in [3.05, 3.63) is 45.8 Å². The average molecular weight is 345 g/mol. The quantitative estimate of drug-likeness (QED) is 0.615. The fraction of sp³-hybridized carbons (Fsp3) is 0.176. The molecule has 124 valence electrons. The number of hydrogen-bond acceptors (Lipinski definition) is 7. The van der Waals surface area contributed by atoms with Crippen LogP contribution in [-0.4, -0.2) is 33.2 Å². The number of ether oxygens (including phenoxy) is 4. The third-order valence-corrected chi connectivity index (χ3v) is 4.24. The van der Waals surface area contributed by atoms with Crippen LogP contribution in [0.1, 0.15) is 10.4 Å². The number of thiophene rings is 1. The number of benzene rings is 1. The molecule has 0 N–H and O–H groups in total. The second-order valence-electron chi connectivity index (χ2n) is 4.74. The topological polar surface area (TPSA) is 66.4 Å². The zero-order valence-corrected chi connectivity index (χ0v) is 14.2. The van der Waals surface area contributed by atoms with E-state index in [1.54, 1.807) is 25.3 Å². The maximum atomic E-state index is 12.1. The van der Waals surface area contributed by atoms with Gasteiger partial charge in [-0.3, -0.25) is 0 Å². The van der Waals surface area contributed by atoms with Crippen LogP contribution in [0, 0.1) is 0 Å². The Morgan fingerprint density at radius 3 is 2.50 bits per heavy atom. The smallest absolute Gasteiger partial charge is 0.363 e. The molecule has 0 radical (unpaired) electrons. The highest BCUT2D eigenvalue weighted by Gasteiger charge is 2.25. The van der Waals surface area contributed by atoms with E-state index in [4.69, 9.17) is 18.9 Å². The van der Waals surface area contributed by atoms with Crippen LogP contribution in [0.15, 0.2) is 40.3 Å². The van der Waals surface area contributed by atoms with Gasteiger partial charge < -0.3 is 18.9 Å². The highest BCUT2D eigenvalue weighted by molar-refractivity contribution is 7.12. The summed E-state index contributed by atoms with van der Waals surface area (Å²) in [7, 11) is 4.59. The molecule has 0 aliphatic carbocycles. The highest BCUT2D eigenvalue weighted by Crippen LogP contribution is 2.40. The van der Waals surface area contributed by atoms with Gasteiger partial charge >= 0.3 is 5.97 Å². The van der Waals surface area contributed by atoms with Crippen LogP contribution in [0.3, 0.4) is 0 Å². The first-order chi connectivity index (χ1) is 11.7. The van der Waals surface area contributed by atoms with E-state index in [9.17, 15) is 4.79 Å². The molecule has 6 nitrogen and oxygen atoms in total. The lowest BCUT2D eigenvalue weighted by molar-refractivity contribution is -0.129. The third kappa shape index (κ3) is 2.85. The zero-order valence-electron chi connectivity index (χ0n) is 13.4. The third-order valence-electron chi connectivity index (χ3n) is 3.38. The number of carbonyl (C=O) groups is 1. The van der Waals surface area contributed by atoms with Crippen molar-refractivity contribution in [3.63, 3.8) is 0 Å². The molecule has 7 heteroatoms. The van der Waals surface area contributed by atoms with Gasteiger partial charge in [0, 0.05) is 5.56 Å². The Morgan fingerprint density at radius 2 is 1.88 bits per heavy atom. The van der Waals surface area contributed by atoms with Crippen LogP contribution in [0.2, 0.25) is 0 Å². The summed E-state index contributed by atoms with van der Waals surface area (Å²) in [4.78, 5) is 17.1. The fourth-order valence-corrected chi connectivity index (χ4v) is 2.95. The number of hydrogen-bond donors (Lipinski definition) is 0. The van der Waals surface area contributed by atoms with Gasteiger partial charge in [-0.2, -0.15) is 0 Å². The molecule has 1 aliphatic heterocycles. The lowest BCUT2D eigenvalue weighted by Gasteiger charge is -2.14. The molecule has 1 aliphatic rings. The van der Waals surface area contributed by atoms with Crippen LogP contribution < -0.4 is 14.2 Å². The number of esters is 1. The van der Waals surface area contributed by atoms with Crippen LogP contribution >= 0.6 is 11.3 Å². The lowest BCUT2D eigenvalue weighted by Crippen LogP contribution is -2.03. The van der Waals surface area contributed by atoms with Gasteiger partial charge in [-0.25, -0.2) is 9.79 Å². The Hall–Kier alpha value is -2.80. The van der Waals surface area contributed by atoms with Gasteiger partial charge in [0.2, 0.25) is 11.6 Å². The molecular weight excluding hydrogens is 330 g/mol. The van der Waals surface area contributed by atoms with Crippen molar-refractivity contribution in [3.8, 4) is 17.2 Å². The van der Waals surface area contributed by atoms with E-state index in [1.807, 2.05) is 17.5 Å². The van der Waals surface area contributed by atoms with Crippen molar-refractivity contribution in [2.24, 2.45) is 4.99 Å². The number of aliphatic imine (C=N–C) groups is 1. The first kappa shape index (κ1) is 16.1. The number of methoxy groups -OCH3 is 3. The molecule has 0 saturated heterocycles. The maximum Gasteiger partial charge on any atom is 0.363 e. The molecule has 24 heavy (non-hydrogen) atoms. The summed E-state index contributed by atoms with van der Waals surface area (Å²) >= 11 is 1.45. The van der Waals surface area contributed by atoms with Gasteiger partial charge in [-0.15, -0.1) is 11.3 Å². The summed E-state index contributed by atoms with van der Waals surface area (Å²) in [5, 5.41) is 1.89. The summed E-state index contributed by atoms with van der Waals surface area (Å²) in [6, 6.07) is 7.21. The second-order valence-corrected chi connectivity index (χ2v) is 5.68. The molecule has 0 spiro atoms. The molecule has 1 aromatic carbocycles. The monoisotopic (exact) mass is 345 g/mol. The maximum absolute atomic E-state index is 12.1. The molecule has 0 atom stereocenters. The van der Waals surface area contributed by atoms with Crippen molar-refractivity contribution >= 4 is 29.3 Å². The number of carbonyl (C=O) groups excluding carboxylic acids is 1. The molecule has 1 aromatic heterocycles. The molecule has 0 saturated carbocycles. The Kier molecular flexibility index (Phi) is 4.52. The van der Waals surface area contributed by atoms with Crippen LogP contribution in [0.4, 0.5) is 0 Å². The Morgan fingerprint density at radius 1 is 1.08 bits per heavy atom. The van der Waals surface area contributed by atoms with Crippen molar-refractivity contribution in [2.45, 2.75) is 0 Å². The van der Waals surface area contributed by atoms with Gasteiger partial charge in [-0.05, 0) is 29.7 Å². The fourth-order valence-electron chi connectivity index (χ4n) is 2.30. The van der Waals surface area contributed by atoms with Gasteiger partial charge in [-0.1, -0.05) is 6.07 Å². The predicted molar refractivity (Wildman–Crippen MR) is 91.0 cm³/mol. The highest BCUT2D eigenvalue weighted by atomic mass is 32.1. The molecular formula is C17H15NO5S. The summed E-state index contributed by atoms with van der Waals surface area (Å²) in [5.41, 5.74) is 0.835. The molecule has 0 bridgehead atoms. The van der Waals surface area contributed by atoms with Crippen molar-refractivity contribution in [2.75, 3.05) is 21.3 Å². The molecule has 0 amide bonds. The molecule has 0 unspecified atom stereocenters. The normalized spacial score (nSPS) is 15.2. The van der Waals surface area contributed by atoms with E-state index in [1.165, 1.54) is 25.6 Å². The van der Waals surface area contributed by atoms with Crippen LogP contribution in [0.25, 0.3) is 6.08 Å². The van der Waals surface area contributed by atoms with Gasteiger partial charge in [0.1, 0.15) is 0 Å². The number of nitrogens with zero attached hydrogens (tertiary/aromatic N) is 1. The summed E-state index contributed by atoms with van der Waals surface area (Å²) < 4.78 is 21.2. The largest absolute Gasteiger partial charge is 0.493 e. The van der Waals surface area contributed by atoms with Crippen molar-refractivity contribution in [1.29, 1.82) is 0 Å². The molecule has 2 aromatic rings. The molecule has 3 rings (SSSR count). The molecule has 2 heterocycles. The zero-order chi connectivity index (χ0) is 17.1. The number of rotatable bonds is 5. The minimum atomic E-state index is -0.504. The van der Waals surface area contributed by atoms with Crippen LogP contribution in [-0.2, 0) is 9.53 Å². The standard InChI is InChI=1S/C17H15NO5S/c1-20-12-7-6-10(14(21-2)15(12)22-3)9-11-17(19)23-16(18-11)13-5-4-8-24-13/h4-9H,1-3H3/b11-9+. The van der Waals surface area contributed by atoms with Crippen molar-refractivity contribution in [1.82, 2.24) is 0 Å². The van der Waals surface area contributed by atoms with E-state index in [-0.39, 0.29) is 5.70 Å². The number of cyclic esters (lactones) is 1. The summed E-state index contributed by atoms with van der Waals surface area (Å²) in [5.74, 6) is 1.24. The Balaban J connectivity index is 2.03. The van der Waals surface area contributed by atoms with Gasteiger partial charge in [0.15, 0.2) is 17.2 Å². The van der Waals surface area contributed by atoms with Crippen LogP contribution in [0.5, 0.6) is 17.2 Å². The molecule has 0 fully saturated rings. The summed E-state index contributed by atoms with van der Waals surface area (Å²) in [6.07, 6.45) is 1.60. The Labute approximate surface area is 142 Å². The average Bonchev–Trinajstić information content (AvgIpc) is 3.24. The SMILES string of the molecule is COc1ccc(/C=C2/N=C(c3cccs3)OC2=O)c(OC)c1OC. The van der Waals surface area contributed by atoms with Crippen molar-refractivity contribution < 1.29 is 23.7 Å². The first-order valence-corrected chi connectivity index (χ1v) is 7.91. The Bertz CT molecular complexity index is 824. The van der Waals surface area contributed by atoms with E-state index in [0.29, 0.717) is 28.7 Å². The lowest BCUT2D eigenvalue weighted by atomic mass is 10.1. The minimum Gasteiger partial charge on any atom is -0.493 e. The second kappa shape index (κ2) is 6.76. The summed E-state index contributed by atoms with van der Waals surface area (Å²) in [6.45, 7) is 0. The van der Waals surface area contributed by atoms with Gasteiger partial charge in [0.25, 0.3) is 0 Å². The minimum absolute atomic E-state index is 0.198. The van der Waals surface area contributed by atoms with E-state index in [2.05, 4.69) is 4.99 Å². The van der Waals surface area contributed by atoms with Gasteiger partial charge in [0.05, 0.1) is 26.2 Å². The van der Waals surface area contributed by atoms with E-state index < -0.39 is 5.97 Å². The van der Waals surface area contributed by atoms with E-state index >= 15 is 0 Å².